The van der Waals surface area contributed by atoms with Crippen LogP contribution >= 0.6 is 0 Å². The normalized spacial score (nSPS) is 16.0. The summed E-state index contributed by atoms with van der Waals surface area (Å²) in [5.74, 6) is -1.90. The molecule has 2 N–H and O–H groups in total. The Morgan fingerprint density at radius 2 is 1.84 bits per heavy atom. The summed E-state index contributed by atoms with van der Waals surface area (Å²) in [6.45, 7) is 6.95. The Hall–Kier alpha value is -4.96. The van der Waals surface area contributed by atoms with E-state index in [9.17, 15) is 14.3 Å². The number of hydrogen-bond acceptors (Lipinski definition) is 5. The molecule has 0 bridgehead atoms. The molecule has 0 aliphatic carbocycles. The molecule has 0 radical (unpaired) electrons. The number of nitrogens with zero attached hydrogens (tertiary/aromatic N) is 4. The molecule has 6 rings (SSSR count). The second-order valence-electron chi connectivity index (χ2n) is 11.5. The van der Waals surface area contributed by atoms with Gasteiger partial charge in [0, 0.05) is 11.1 Å². The Balaban J connectivity index is 1.46. The number of halogens is 3. The minimum atomic E-state index is -1.15. The highest BCUT2D eigenvalue weighted by Crippen LogP contribution is 2.34. The fourth-order valence-electron chi connectivity index (χ4n) is 5.94. The second kappa shape index (κ2) is 12.2. The number of hydrogen-bond donors (Lipinski definition) is 2. The summed E-state index contributed by atoms with van der Waals surface area (Å²) in [6.07, 6.45) is 5.09. The summed E-state index contributed by atoms with van der Waals surface area (Å²) in [5, 5.41) is 10.5. The van der Waals surface area contributed by atoms with E-state index in [4.69, 9.17) is 0 Å². The lowest BCUT2D eigenvalue weighted by atomic mass is 9.88. The first-order valence-electron chi connectivity index (χ1n) is 14.7. The van der Waals surface area contributed by atoms with Gasteiger partial charge < -0.3 is 15.0 Å². The Kier molecular flexibility index (Phi) is 8.16. The fraction of sp³-hybridized carbons (Fsp3) is 0.229. The predicted octanol–water partition coefficient (Wildman–Crippen LogP) is 7.49. The van der Waals surface area contributed by atoms with Gasteiger partial charge in [0.1, 0.15) is 34.6 Å². The van der Waals surface area contributed by atoms with E-state index in [1.807, 2.05) is 13.1 Å². The summed E-state index contributed by atoms with van der Waals surface area (Å²) < 4.78 is 46.2. The standard InChI is InChI=1S/C35H32F3N5O2/c1-20(36)8-13-30(44)21(2)33(34-40-27-6-4-5-7-28(27)41-34)43-19-39-29-12-11-25(32(38)31(29)35(43)45)23-9-10-24(26(37)18-23)22-14-16-42(3)17-15-22/h4-13,18-19,22,33,44H,2,14-17H2,1,3H3,(H,40,41)/b20-8+,30-13+/t33-/m0/s1. The van der Waals surface area contributed by atoms with Crippen LogP contribution in [0.5, 0.6) is 0 Å². The monoisotopic (exact) mass is 611 g/mol. The minimum Gasteiger partial charge on any atom is -0.508 e. The molecule has 7 nitrogen and oxygen atoms in total. The number of fused-ring (bicyclic) bond motifs is 2. The molecule has 1 aliphatic heterocycles. The maximum absolute atomic E-state index is 16.3. The molecule has 0 saturated carbocycles. The number of likely N-dealkylation sites (tertiary alicyclic amines) is 1. The van der Waals surface area contributed by atoms with Gasteiger partial charge in [-0.2, -0.15) is 0 Å². The lowest BCUT2D eigenvalue weighted by molar-refractivity contribution is 0.253. The average Bonchev–Trinajstić information content (AvgIpc) is 3.45. The zero-order valence-electron chi connectivity index (χ0n) is 24.9. The molecule has 10 heteroatoms. The Bertz CT molecular complexity index is 2020. The molecule has 230 valence electrons. The first-order valence-corrected chi connectivity index (χ1v) is 14.7. The third-order valence-electron chi connectivity index (χ3n) is 8.43. The van der Waals surface area contributed by atoms with E-state index in [0.717, 1.165) is 42.7 Å². The Morgan fingerprint density at radius 1 is 1.09 bits per heavy atom. The van der Waals surface area contributed by atoms with Crippen molar-refractivity contribution in [3.63, 3.8) is 0 Å². The van der Waals surface area contributed by atoms with Gasteiger partial charge in [0.15, 0.2) is 0 Å². The van der Waals surface area contributed by atoms with Crippen LogP contribution in [0, 0.1) is 11.6 Å². The van der Waals surface area contributed by atoms with E-state index in [-0.39, 0.29) is 33.8 Å². The van der Waals surface area contributed by atoms with Gasteiger partial charge in [0.05, 0.1) is 28.7 Å². The molecule has 1 fully saturated rings. The van der Waals surface area contributed by atoms with Crippen LogP contribution < -0.4 is 5.56 Å². The molecular weight excluding hydrogens is 579 g/mol. The Morgan fingerprint density at radius 3 is 2.56 bits per heavy atom. The smallest absolute Gasteiger partial charge is 0.265 e. The quantitative estimate of drug-likeness (QED) is 0.147. The van der Waals surface area contributed by atoms with Crippen molar-refractivity contribution < 1.29 is 18.3 Å². The summed E-state index contributed by atoms with van der Waals surface area (Å²) in [6, 6.07) is 13.7. The molecule has 1 atom stereocenters. The molecular formula is C35H32F3N5O2. The second-order valence-corrected chi connectivity index (χ2v) is 11.5. The largest absolute Gasteiger partial charge is 0.508 e. The van der Waals surface area contributed by atoms with Crippen molar-refractivity contribution in [1.82, 2.24) is 24.4 Å². The lowest BCUT2D eigenvalue weighted by Crippen LogP contribution is -2.29. The van der Waals surface area contributed by atoms with E-state index in [1.165, 1.54) is 31.5 Å². The van der Waals surface area contributed by atoms with Crippen molar-refractivity contribution in [2.45, 2.75) is 31.7 Å². The lowest BCUT2D eigenvalue weighted by Gasteiger charge is -2.29. The first kappa shape index (κ1) is 30.1. The van der Waals surface area contributed by atoms with E-state index in [2.05, 4.69) is 26.4 Å². The zero-order valence-corrected chi connectivity index (χ0v) is 24.9. The number of para-hydroxylation sites is 2. The zero-order chi connectivity index (χ0) is 31.8. The molecule has 1 aliphatic rings. The summed E-state index contributed by atoms with van der Waals surface area (Å²) >= 11 is 0. The average molecular weight is 612 g/mol. The Labute approximate surface area is 257 Å². The van der Waals surface area contributed by atoms with Gasteiger partial charge in [-0.3, -0.25) is 9.36 Å². The maximum atomic E-state index is 16.3. The minimum absolute atomic E-state index is 0.00191. The van der Waals surface area contributed by atoms with Crippen LogP contribution in [-0.2, 0) is 0 Å². The molecule has 45 heavy (non-hydrogen) atoms. The molecule has 0 amide bonds. The van der Waals surface area contributed by atoms with Gasteiger partial charge in [-0.1, -0.05) is 30.8 Å². The van der Waals surface area contributed by atoms with Crippen molar-refractivity contribution in [3.8, 4) is 11.1 Å². The first-order chi connectivity index (χ1) is 21.6. The van der Waals surface area contributed by atoms with Crippen LogP contribution in [0.3, 0.4) is 0 Å². The topological polar surface area (TPSA) is 87.0 Å². The number of benzene rings is 3. The molecule has 5 aromatic rings. The molecule has 0 unspecified atom stereocenters. The van der Waals surface area contributed by atoms with Crippen LogP contribution in [0.2, 0.25) is 0 Å². The van der Waals surface area contributed by atoms with Crippen LogP contribution in [0.25, 0.3) is 33.1 Å². The van der Waals surface area contributed by atoms with Crippen molar-refractivity contribution in [2.75, 3.05) is 20.1 Å². The van der Waals surface area contributed by atoms with Crippen LogP contribution in [0.4, 0.5) is 13.2 Å². The molecule has 3 aromatic carbocycles. The summed E-state index contributed by atoms with van der Waals surface area (Å²) in [7, 11) is 2.04. The van der Waals surface area contributed by atoms with Crippen molar-refractivity contribution in [3.05, 3.63) is 130 Å². The summed E-state index contributed by atoms with van der Waals surface area (Å²) in [4.78, 5) is 28.3. The van der Waals surface area contributed by atoms with Gasteiger partial charge in [-0.05, 0) is 99.4 Å². The predicted molar refractivity (Wildman–Crippen MR) is 170 cm³/mol. The number of allylic oxidation sites excluding steroid dienone is 4. The number of H-pyrrole nitrogens is 1. The van der Waals surface area contributed by atoms with Crippen LogP contribution in [0.1, 0.15) is 43.1 Å². The third kappa shape index (κ3) is 5.81. The highest BCUT2D eigenvalue weighted by Gasteiger charge is 2.27. The number of piperidine rings is 1. The van der Waals surface area contributed by atoms with Gasteiger partial charge in [0.25, 0.3) is 5.56 Å². The van der Waals surface area contributed by atoms with Gasteiger partial charge in [0.2, 0.25) is 0 Å². The number of aliphatic hydroxyl groups is 1. The van der Waals surface area contributed by atoms with E-state index in [0.29, 0.717) is 22.2 Å². The molecule has 0 spiro atoms. The third-order valence-corrected chi connectivity index (χ3v) is 8.43. The van der Waals surface area contributed by atoms with Crippen molar-refractivity contribution >= 4 is 21.9 Å². The number of aliphatic hydroxyl groups excluding tert-OH is 1. The number of nitrogens with one attached hydrogen (secondary N) is 1. The highest BCUT2D eigenvalue weighted by atomic mass is 19.1. The van der Waals surface area contributed by atoms with Crippen molar-refractivity contribution in [1.29, 1.82) is 0 Å². The fourth-order valence-corrected chi connectivity index (χ4v) is 5.94. The molecule has 2 aromatic heterocycles. The van der Waals surface area contributed by atoms with Gasteiger partial charge in [-0.25, -0.2) is 23.1 Å². The van der Waals surface area contributed by atoms with E-state index in [1.54, 1.807) is 30.3 Å². The van der Waals surface area contributed by atoms with E-state index < -0.39 is 34.8 Å². The van der Waals surface area contributed by atoms with Crippen LogP contribution in [0.15, 0.2) is 102 Å². The SMILES string of the molecule is C=C(/C(O)=C\C=C(/C)F)[C@@H](c1nc2ccccc2[nH]1)n1cnc2ccc(-c3ccc(C4CCN(C)CC4)c(F)c3)c(F)c2c1=O. The number of rotatable bonds is 7. The van der Waals surface area contributed by atoms with Crippen molar-refractivity contribution in [2.24, 2.45) is 0 Å². The van der Waals surface area contributed by atoms with E-state index >= 15 is 8.78 Å². The van der Waals surface area contributed by atoms with Crippen LogP contribution in [-0.4, -0.2) is 49.7 Å². The summed E-state index contributed by atoms with van der Waals surface area (Å²) in [5.41, 5.74) is 1.55. The number of aromatic nitrogens is 4. The van der Waals surface area contributed by atoms with Gasteiger partial charge in [-0.15, -0.1) is 0 Å². The number of aromatic amines is 1. The molecule has 3 heterocycles. The number of imidazole rings is 1. The highest BCUT2D eigenvalue weighted by molar-refractivity contribution is 5.85. The maximum Gasteiger partial charge on any atom is 0.265 e. The van der Waals surface area contributed by atoms with Gasteiger partial charge >= 0.3 is 0 Å². The molecule has 1 saturated heterocycles.